The summed E-state index contributed by atoms with van der Waals surface area (Å²) >= 11 is 0. The third-order valence-electron chi connectivity index (χ3n) is 8.31. The summed E-state index contributed by atoms with van der Waals surface area (Å²) in [5.41, 5.74) is 6.48. The van der Waals surface area contributed by atoms with Crippen molar-refractivity contribution in [2.24, 2.45) is 0 Å². The standard InChI is InChI=1S/C37H35N3O6.ClH/c1-3-44-30-14-12-27(13-15-30)35-22-45-33-18-28-17-31(39-21-29(28)19-34(33)46-35)36(41)40-32(37(42)43-2)16-23-4-8-25(9-5-23)26-10-6-24(20-38)7-11-26;/h4-15,18-19,31-32,35,39H,3,16-17,21-22H2,1-2H3,(H,40,41);1H/t31-,32-,35?;/m0./s1. The van der Waals surface area contributed by atoms with Crippen LogP contribution in [0.5, 0.6) is 17.2 Å². The van der Waals surface area contributed by atoms with Gasteiger partial charge in [-0.15, -0.1) is 12.4 Å². The van der Waals surface area contributed by atoms with Crippen LogP contribution in [0, 0.1) is 11.3 Å². The van der Waals surface area contributed by atoms with E-state index in [4.69, 9.17) is 24.2 Å². The van der Waals surface area contributed by atoms with Crippen molar-refractivity contribution in [3.63, 3.8) is 0 Å². The molecule has 2 N–H and O–H groups in total. The SMILES string of the molecule is CCOc1ccc(C2COc3cc4c(cc3O2)CN[C@H](C(=O)N[C@@H](Cc2ccc(-c3ccc(C#N)cc3)cc2)C(=O)OC)C4)cc1.Cl. The van der Waals surface area contributed by atoms with Gasteiger partial charge in [-0.1, -0.05) is 48.5 Å². The first-order valence-electron chi connectivity index (χ1n) is 15.3. The molecule has 6 rings (SSSR count). The van der Waals surface area contributed by atoms with Gasteiger partial charge in [0.1, 0.15) is 18.4 Å². The summed E-state index contributed by atoms with van der Waals surface area (Å²) in [6.07, 6.45) is 0.482. The van der Waals surface area contributed by atoms with Crippen molar-refractivity contribution in [3.8, 4) is 34.4 Å². The highest BCUT2D eigenvalue weighted by Gasteiger charge is 2.31. The minimum absolute atomic E-state index is 0. The lowest BCUT2D eigenvalue weighted by Crippen LogP contribution is -2.53. The largest absolute Gasteiger partial charge is 0.494 e. The van der Waals surface area contributed by atoms with Crippen LogP contribution in [0.2, 0.25) is 0 Å². The van der Waals surface area contributed by atoms with Gasteiger partial charge in [-0.2, -0.15) is 5.26 Å². The summed E-state index contributed by atoms with van der Waals surface area (Å²) in [7, 11) is 1.32. The van der Waals surface area contributed by atoms with E-state index < -0.39 is 18.1 Å². The molecule has 4 aromatic carbocycles. The minimum Gasteiger partial charge on any atom is -0.494 e. The number of hydrogen-bond acceptors (Lipinski definition) is 8. The summed E-state index contributed by atoms with van der Waals surface area (Å²) in [4.78, 5) is 26.1. The lowest BCUT2D eigenvalue weighted by molar-refractivity contribution is -0.145. The fraction of sp³-hybridized carbons (Fsp3) is 0.270. The maximum atomic E-state index is 13.4. The van der Waals surface area contributed by atoms with Crippen LogP contribution in [0.25, 0.3) is 11.1 Å². The number of rotatable bonds is 9. The number of esters is 1. The lowest BCUT2D eigenvalue weighted by Gasteiger charge is -2.31. The van der Waals surface area contributed by atoms with E-state index in [-0.39, 0.29) is 30.8 Å². The number of nitrogens with one attached hydrogen (secondary N) is 2. The van der Waals surface area contributed by atoms with Crippen molar-refractivity contribution in [2.45, 2.75) is 44.5 Å². The zero-order chi connectivity index (χ0) is 32.0. The minimum atomic E-state index is -0.846. The van der Waals surface area contributed by atoms with E-state index in [1.807, 2.05) is 79.7 Å². The Kier molecular flexibility index (Phi) is 10.7. The zero-order valence-electron chi connectivity index (χ0n) is 26.2. The van der Waals surface area contributed by atoms with Gasteiger partial charge in [0.25, 0.3) is 0 Å². The van der Waals surface area contributed by atoms with Gasteiger partial charge < -0.3 is 29.6 Å². The van der Waals surface area contributed by atoms with Crippen molar-refractivity contribution in [3.05, 3.63) is 113 Å². The fourth-order valence-electron chi connectivity index (χ4n) is 5.79. The molecule has 47 heavy (non-hydrogen) atoms. The lowest BCUT2D eigenvalue weighted by atomic mass is 9.94. The van der Waals surface area contributed by atoms with E-state index in [0.29, 0.717) is 43.2 Å². The molecule has 0 spiro atoms. The maximum absolute atomic E-state index is 13.4. The van der Waals surface area contributed by atoms with Gasteiger partial charge in [0.15, 0.2) is 17.6 Å². The van der Waals surface area contributed by atoms with Gasteiger partial charge >= 0.3 is 5.97 Å². The van der Waals surface area contributed by atoms with Crippen LogP contribution >= 0.6 is 12.4 Å². The molecule has 0 fully saturated rings. The number of halogens is 1. The van der Waals surface area contributed by atoms with Crippen LogP contribution in [-0.4, -0.2) is 44.3 Å². The molecule has 2 aliphatic rings. The topological polar surface area (TPSA) is 119 Å². The molecule has 0 aromatic heterocycles. The van der Waals surface area contributed by atoms with E-state index in [0.717, 1.165) is 39.1 Å². The van der Waals surface area contributed by atoms with Crippen LogP contribution in [0.15, 0.2) is 84.9 Å². The first kappa shape index (κ1) is 33.3. The molecule has 1 unspecified atom stereocenters. The summed E-state index contributed by atoms with van der Waals surface area (Å²) in [6, 6.07) is 27.6. The van der Waals surface area contributed by atoms with Crippen molar-refractivity contribution in [1.82, 2.24) is 10.6 Å². The van der Waals surface area contributed by atoms with Crippen molar-refractivity contribution in [1.29, 1.82) is 5.26 Å². The average Bonchev–Trinajstić information content (AvgIpc) is 3.10. The molecular formula is C37H36ClN3O6. The van der Waals surface area contributed by atoms with Crippen molar-refractivity contribution < 1.29 is 28.5 Å². The molecule has 2 heterocycles. The number of nitrogens with zero attached hydrogens (tertiary/aromatic N) is 1. The summed E-state index contributed by atoms with van der Waals surface area (Å²) in [5, 5.41) is 15.3. The molecular weight excluding hydrogens is 618 g/mol. The third kappa shape index (κ3) is 7.68. The average molecular weight is 654 g/mol. The first-order valence-corrected chi connectivity index (χ1v) is 15.3. The molecule has 0 radical (unpaired) electrons. The molecule has 0 aliphatic carbocycles. The summed E-state index contributed by atoms with van der Waals surface area (Å²) < 4.78 is 23.0. The highest BCUT2D eigenvalue weighted by Crippen LogP contribution is 2.40. The zero-order valence-corrected chi connectivity index (χ0v) is 27.0. The molecule has 242 valence electrons. The second-order valence-electron chi connectivity index (χ2n) is 11.3. The van der Waals surface area contributed by atoms with Crippen LogP contribution < -0.4 is 24.8 Å². The van der Waals surface area contributed by atoms with Gasteiger partial charge in [-0.05, 0) is 83.1 Å². The number of carbonyl (C=O) groups is 2. The van der Waals surface area contributed by atoms with E-state index in [1.165, 1.54) is 7.11 Å². The van der Waals surface area contributed by atoms with Crippen molar-refractivity contribution in [2.75, 3.05) is 20.3 Å². The van der Waals surface area contributed by atoms with Crippen LogP contribution in [0.3, 0.4) is 0 Å². The Hall–Kier alpha value is -5.04. The van der Waals surface area contributed by atoms with E-state index in [1.54, 1.807) is 12.1 Å². The van der Waals surface area contributed by atoms with Gasteiger partial charge in [0.2, 0.25) is 5.91 Å². The first-order chi connectivity index (χ1) is 22.4. The monoisotopic (exact) mass is 653 g/mol. The molecule has 0 saturated heterocycles. The second-order valence-corrected chi connectivity index (χ2v) is 11.3. The van der Waals surface area contributed by atoms with Crippen LogP contribution in [0.4, 0.5) is 0 Å². The second kappa shape index (κ2) is 15.0. The number of benzene rings is 4. The predicted molar refractivity (Wildman–Crippen MR) is 179 cm³/mol. The fourth-order valence-corrected chi connectivity index (χ4v) is 5.79. The maximum Gasteiger partial charge on any atom is 0.328 e. The predicted octanol–water partition coefficient (Wildman–Crippen LogP) is 5.47. The van der Waals surface area contributed by atoms with E-state index in [9.17, 15) is 9.59 Å². The molecule has 3 atom stereocenters. The van der Waals surface area contributed by atoms with Gasteiger partial charge in [0.05, 0.1) is 31.4 Å². The Labute approximate surface area is 280 Å². The summed E-state index contributed by atoms with van der Waals surface area (Å²) in [5.74, 6) is 1.35. The molecule has 9 nitrogen and oxygen atoms in total. The highest BCUT2D eigenvalue weighted by molar-refractivity contribution is 5.88. The Balaban J connectivity index is 0.00000433. The number of amides is 1. The number of carbonyl (C=O) groups excluding carboxylic acids is 2. The molecule has 0 saturated carbocycles. The van der Waals surface area contributed by atoms with E-state index in [2.05, 4.69) is 16.7 Å². The molecule has 10 heteroatoms. The Morgan fingerprint density at radius 1 is 0.979 bits per heavy atom. The smallest absolute Gasteiger partial charge is 0.328 e. The van der Waals surface area contributed by atoms with Crippen LogP contribution in [-0.2, 0) is 33.7 Å². The number of fused-ring (bicyclic) bond motifs is 2. The molecule has 4 aromatic rings. The number of hydrogen-bond donors (Lipinski definition) is 2. The van der Waals surface area contributed by atoms with E-state index >= 15 is 0 Å². The number of ether oxygens (including phenoxy) is 4. The quantitative estimate of drug-likeness (QED) is 0.228. The Bertz CT molecular complexity index is 1750. The van der Waals surface area contributed by atoms with Gasteiger partial charge in [-0.25, -0.2) is 4.79 Å². The van der Waals surface area contributed by atoms with Crippen molar-refractivity contribution >= 4 is 24.3 Å². The van der Waals surface area contributed by atoms with Crippen LogP contribution in [0.1, 0.15) is 40.8 Å². The Morgan fingerprint density at radius 2 is 1.66 bits per heavy atom. The Morgan fingerprint density at radius 3 is 2.32 bits per heavy atom. The molecule has 2 aliphatic heterocycles. The molecule has 0 bridgehead atoms. The highest BCUT2D eigenvalue weighted by atomic mass is 35.5. The number of nitriles is 1. The van der Waals surface area contributed by atoms with Gasteiger partial charge in [0, 0.05) is 13.0 Å². The summed E-state index contributed by atoms with van der Waals surface area (Å²) in [6.45, 7) is 3.41. The van der Waals surface area contributed by atoms with Gasteiger partial charge in [-0.3, -0.25) is 4.79 Å². The third-order valence-corrected chi connectivity index (χ3v) is 8.31. The molecule has 1 amide bonds. The number of methoxy groups -OCH3 is 1. The normalized spacial score (nSPS) is 16.8.